The highest BCUT2D eigenvalue weighted by molar-refractivity contribution is 6.31. The highest BCUT2D eigenvalue weighted by atomic mass is 35.5. The number of halogens is 2. The molecule has 1 aliphatic heterocycles. The Morgan fingerprint density at radius 2 is 2.10 bits per heavy atom. The summed E-state index contributed by atoms with van der Waals surface area (Å²) in [6.07, 6.45) is 3.50. The Bertz CT molecular complexity index is 535. The van der Waals surface area contributed by atoms with E-state index >= 15 is 0 Å². The molecule has 2 aliphatic rings. The Hall–Kier alpha value is -0.770. The molecule has 3 rings (SSSR count). The van der Waals surface area contributed by atoms with Gasteiger partial charge in [0.25, 0.3) is 5.91 Å². The number of benzene rings is 1. The smallest absolute Gasteiger partial charge is 0.254 e. The summed E-state index contributed by atoms with van der Waals surface area (Å²) in [5.74, 6) is 1.17. The van der Waals surface area contributed by atoms with Crippen LogP contribution in [0.25, 0.3) is 0 Å². The zero-order valence-electron chi connectivity index (χ0n) is 12.2. The number of nitrogens with two attached hydrogens (primary N) is 1. The molecule has 1 saturated heterocycles. The fraction of sp³-hybridized carbons (Fsp3) is 0.562. The number of carbonyl (C=O) groups is 1. The van der Waals surface area contributed by atoms with Crippen LogP contribution in [0.5, 0.6) is 0 Å². The first-order valence-electron chi connectivity index (χ1n) is 7.38. The summed E-state index contributed by atoms with van der Waals surface area (Å²) in [6, 6.07) is 5.79. The SMILES string of the molecule is Cc1c(Cl)cccc1C(=O)N1CC2CCCC(N)C2C1.Cl. The molecule has 5 heteroatoms. The number of nitrogens with zero attached hydrogens (tertiary/aromatic N) is 1. The molecule has 1 heterocycles. The van der Waals surface area contributed by atoms with Crippen LogP contribution in [-0.2, 0) is 0 Å². The lowest BCUT2D eigenvalue weighted by atomic mass is 9.78. The van der Waals surface area contributed by atoms with Crippen LogP contribution in [0.4, 0.5) is 0 Å². The van der Waals surface area contributed by atoms with Gasteiger partial charge in [-0.25, -0.2) is 0 Å². The van der Waals surface area contributed by atoms with Crippen LogP contribution in [0.1, 0.15) is 35.2 Å². The fourth-order valence-corrected chi connectivity index (χ4v) is 3.87. The minimum atomic E-state index is 0. The minimum absolute atomic E-state index is 0. The summed E-state index contributed by atoms with van der Waals surface area (Å²) in [7, 11) is 0. The third-order valence-electron chi connectivity index (χ3n) is 4.94. The van der Waals surface area contributed by atoms with E-state index in [0.717, 1.165) is 30.6 Å². The van der Waals surface area contributed by atoms with E-state index in [1.54, 1.807) is 0 Å². The molecule has 2 N–H and O–H groups in total. The molecule has 0 radical (unpaired) electrons. The first-order valence-corrected chi connectivity index (χ1v) is 7.75. The van der Waals surface area contributed by atoms with Crippen molar-refractivity contribution >= 4 is 29.9 Å². The van der Waals surface area contributed by atoms with E-state index in [4.69, 9.17) is 17.3 Å². The fourth-order valence-electron chi connectivity index (χ4n) is 3.69. The molecule has 1 amide bonds. The van der Waals surface area contributed by atoms with Crippen LogP contribution >= 0.6 is 24.0 Å². The molecule has 3 atom stereocenters. The lowest BCUT2D eigenvalue weighted by Crippen LogP contribution is -2.38. The number of amides is 1. The number of likely N-dealkylation sites (tertiary alicyclic amines) is 1. The predicted octanol–water partition coefficient (Wildman–Crippen LogP) is 3.27. The van der Waals surface area contributed by atoms with E-state index in [9.17, 15) is 4.79 Å². The van der Waals surface area contributed by atoms with Crippen LogP contribution in [0.15, 0.2) is 18.2 Å². The van der Waals surface area contributed by atoms with Crippen molar-refractivity contribution in [2.45, 2.75) is 32.2 Å². The summed E-state index contributed by atoms with van der Waals surface area (Å²) >= 11 is 6.12. The normalized spacial score (nSPS) is 28.0. The summed E-state index contributed by atoms with van der Waals surface area (Å²) in [5, 5.41) is 0.657. The first kappa shape index (κ1) is 16.6. The van der Waals surface area contributed by atoms with Crippen molar-refractivity contribution in [3.63, 3.8) is 0 Å². The van der Waals surface area contributed by atoms with Gasteiger partial charge >= 0.3 is 0 Å². The van der Waals surface area contributed by atoms with Gasteiger partial charge in [0, 0.05) is 29.7 Å². The molecule has 1 aromatic carbocycles. The molecule has 1 saturated carbocycles. The van der Waals surface area contributed by atoms with Crippen LogP contribution < -0.4 is 5.73 Å². The standard InChI is InChI=1S/C16H21ClN2O.ClH/c1-10-12(5-3-6-14(10)17)16(20)19-8-11-4-2-7-15(18)13(11)9-19;/h3,5-6,11,13,15H,2,4,7-9,18H2,1H3;1H. The van der Waals surface area contributed by atoms with Crippen molar-refractivity contribution in [2.75, 3.05) is 13.1 Å². The third-order valence-corrected chi connectivity index (χ3v) is 5.35. The van der Waals surface area contributed by atoms with Gasteiger partial charge in [-0.05, 0) is 49.3 Å². The van der Waals surface area contributed by atoms with E-state index in [1.807, 2.05) is 30.0 Å². The molecule has 1 aromatic rings. The van der Waals surface area contributed by atoms with Crippen molar-refractivity contribution in [1.29, 1.82) is 0 Å². The van der Waals surface area contributed by atoms with E-state index < -0.39 is 0 Å². The van der Waals surface area contributed by atoms with E-state index in [1.165, 1.54) is 12.8 Å². The van der Waals surface area contributed by atoms with Gasteiger partial charge in [0.2, 0.25) is 0 Å². The summed E-state index contributed by atoms with van der Waals surface area (Å²) in [5.41, 5.74) is 7.82. The topological polar surface area (TPSA) is 46.3 Å². The molecule has 1 aliphatic carbocycles. The molecular formula is C16H22Cl2N2O. The molecule has 0 aromatic heterocycles. The second-order valence-electron chi connectivity index (χ2n) is 6.14. The van der Waals surface area contributed by atoms with Crippen molar-refractivity contribution in [3.8, 4) is 0 Å². The van der Waals surface area contributed by atoms with Crippen LogP contribution in [-0.4, -0.2) is 29.9 Å². The summed E-state index contributed by atoms with van der Waals surface area (Å²) in [6.45, 7) is 3.56. The van der Waals surface area contributed by atoms with Gasteiger partial charge in [-0.15, -0.1) is 12.4 Å². The second kappa shape index (κ2) is 6.55. The quantitative estimate of drug-likeness (QED) is 0.859. The van der Waals surface area contributed by atoms with Crippen molar-refractivity contribution in [2.24, 2.45) is 17.6 Å². The van der Waals surface area contributed by atoms with Gasteiger partial charge in [-0.1, -0.05) is 24.1 Å². The van der Waals surface area contributed by atoms with Gasteiger partial charge in [-0.3, -0.25) is 4.79 Å². The highest BCUT2D eigenvalue weighted by Crippen LogP contribution is 2.36. The predicted molar refractivity (Wildman–Crippen MR) is 88.1 cm³/mol. The number of carbonyl (C=O) groups excluding carboxylic acids is 1. The Kier molecular flexibility index (Phi) is 5.18. The van der Waals surface area contributed by atoms with Gasteiger partial charge in [0.15, 0.2) is 0 Å². The van der Waals surface area contributed by atoms with Crippen LogP contribution in [0, 0.1) is 18.8 Å². The molecule has 0 spiro atoms. The molecule has 116 valence electrons. The van der Waals surface area contributed by atoms with E-state index in [0.29, 0.717) is 16.9 Å². The van der Waals surface area contributed by atoms with Crippen LogP contribution in [0.2, 0.25) is 5.02 Å². The third kappa shape index (κ3) is 3.05. The molecular weight excluding hydrogens is 307 g/mol. The lowest BCUT2D eigenvalue weighted by Gasteiger charge is -2.29. The number of hydrogen-bond donors (Lipinski definition) is 1. The largest absolute Gasteiger partial charge is 0.338 e. The van der Waals surface area contributed by atoms with Crippen molar-refractivity contribution in [1.82, 2.24) is 4.90 Å². The zero-order chi connectivity index (χ0) is 14.3. The first-order chi connectivity index (χ1) is 9.58. The Labute approximate surface area is 137 Å². The number of fused-ring (bicyclic) bond motifs is 1. The summed E-state index contributed by atoms with van der Waals surface area (Å²) in [4.78, 5) is 14.7. The maximum Gasteiger partial charge on any atom is 0.254 e. The Balaban J connectivity index is 0.00000161. The Morgan fingerprint density at radius 3 is 2.81 bits per heavy atom. The average Bonchev–Trinajstić information content (AvgIpc) is 2.87. The maximum absolute atomic E-state index is 12.7. The molecule has 21 heavy (non-hydrogen) atoms. The minimum Gasteiger partial charge on any atom is -0.338 e. The van der Waals surface area contributed by atoms with Gasteiger partial charge in [-0.2, -0.15) is 0 Å². The van der Waals surface area contributed by atoms with E-state index in [-0.39, 0.29) is 24.4 Å². The zero-order valence-corrected chi connectivity index (χ0v) is 13.8. The van der Waals surface area contributed by atoms with Gasteiger partial charge < -0.3 is 10.6 Å². The highest BCUT2D eigenvalue weighted by Gasteiger charge is 2.40. The average molecular weight is 329 g/mol. The number of rotatable bonds is 1. The maximum atomic E-state index is 12.7. The van der Waals surface area contributed by atoms with E-state index in [2.05, 4.69) is 0 Å². The summed E-state index contributed by atoms with van der Waals surface area (Å²) < 4.78 is 0. The van der Waals surface area contributed by atoms with Crippen LogP contribution in [0.3, 0.4) is 0 Å². The monoisotopic (exact) mass is 328 g/mol. The lowest BCUT2D eigenvalue weighted by molar-refractivity contribution is 0.0783. The number of hydrogen-bond acceptors (Lipinski definition) is 2. The van der Waals surface area contributed by atoms with Gasteiger partial charge in [0.05, 0.1) is 0 Å². The van der Waals surface area contributed by atoms with Gasteiger partial charge in [0.1, 0.15) is 0 Å². The second-order valence-corrected chi connectivity index (χ2v) is 6.55. The van der Waals surface area contributed by atoms with Crippen molar-refractivity contribution < 1.29 is 4.79 Å². The molecule has 2 fully saturated rings. The molecule has 0 bridgehead atoms. The molecule has 3 nitrogen and oxygen atoms in total. The molecule has 3 unspecified atom stereocenters. The van der Waals surface area contributed by atoms with Crippen molar-refractivity contribution in [3.05, 3.63) is 34.3 Å². The Morgan fingerprint density at radius 1 is 1.33 bits per heavy atom.